The van der Waals surface area contributed by atoms with Crippen LogP contribution in [0.3, 0.4) is 0 Å². The number of hydrogen-bond acceptors (Lipinski definition) is 4. The van der Waals surface area contributed by atoms with E-state index in [0.717, 1.165) is 22.3 Å². The Labute approximate surface area is 172 Å². The van der Waals surface area contributed by atoms with Crippen LogP contribution < -0.4 is 18.9 Å². The van der Waals surface area contributed by atoms with Crippen molar-refractivity contribution in [1.29, 1.82) is 0 Å². The second kappa shape index (κ2) is 8.62. The number of methoxy groups -OCH3 is 1. The highest BCUT2D eigenvalue weighted by molar-refractivity contribution is 7.56. The molecule has 5 nitrogen and oxygen atoms in total. The van der Waals surface area contributed by atoms with Crippen LogP contribution in [0.25, 0.3) is 0 Å². The van der Waals surface area contributed by atoms with Crippen LogP contribution in [-0.4, -0.2) is 7.11 Å². The first-order valence-corrected chi connectivity index (χ1v) is 10.9. The normalized spacial score (nSPS) is 11.1. The smallest absolute Gasteiger partial charge is 0.497 e. The van der Waals surface area contributed by atoms with Gasteiger partial charge in [0.25, 0.3) is 0 Å². The van der Waals surface area contributed by atoms with Crippen molar-refractivity contribution in [1.82, 2.24) is 0 Å². The molecule has 0 bridgehead atoms. The van der Waals surface area contributed by atoms with Gasteiger partial charge in [0.15, 0.2) is 0 Å². The second-order valence-electron chi connectivity index (χ2n) is 6.92. The molecule has 3 rings (SSSR count). The van der Waals surface area contributed by atoms with E-state index >= 15 is 0 Å². The maximum atomic E-state index is 13.9. The van der Waals surface area contributed by atoms with Crippen LogP contribution in [0, 0.1) is 27.7 Å². The zero-order chi connectivity index (χ0) is 21.0. The van der Waals surface area contributed by atoms with E-state index in [9.17, 15) is 4.57 Å². The summed E-state index contributed by atoms with van der Waals surface area (Å²) in [6.07, 6.45) is 0. The average molecular weight is 411 g/mol. The Balaban J connectivity index is 2.00. The molecule has 0 radical (unpaired) electrons. The van der Waals surface area contributed by atoms with Gasteiger partial charge in [-0.1, -0.05) is 30.3 Å². The molecule has 0 aromatic heterocycles. The van der Waals surface area contributed by atoms with Crippen molar-refractivity contribution in [2.45, 2.75) is 27.7 Å². The van der Waals surface area contributed by atoms with Crippen molar-refractivity contribution in [3.8, 4) is 17.2 Å². The number of nitrogens with one attached hydrogen (secondary N) is 1. The van der Waals surface area contributed by atoms with Crippen molar-refractivity contribution in [3.63, 3.8) is 0 Å². The van der Waals surface area contributed by atoms with Gasteiger partial charge in [0.2, 0.25) is 0 Å². The second-order valence-corrected chi connectivity index (χ2v) is 8.50. The molecule has 0 heterocycles. The third-order valence-corrected chi connectivity index (χ3v) is 6.29. The minimum Gasteiger partial charge on any atom is -0.497 e. The Morgan fingerprint density at radius 1 is 0.759 bits per heavy atom. The van der Waals surface area contributed by atoms with E-state index in [1.54, 1.807) is 37.4 Å². The van der Waals surface area contributed by atoms with Crippen molar-refractivity contribution >= 4 is 13.4 Å². The Morgan fingerprint density at radius 3 is 1.79 bits per heavy atom. The fourth-order valence-corrected chi connectivity index (χ4v) is 4.32. The number of hydrogen-bond donors (Lipinski definition) is 1. The predicted octanol–water partition coefficient (Wildman–Crippen LogP) is 6.61. The Bertz CT molecular complexity index is 1010. The summed E-state index contributed by atoms with van der Waals surface area (Å²) < 4.78 is 31.1. The highest BCUT2D eigenvalue weighted by atomic mass is 31.2. The third-order valence-electron chi connectivity index (χ3n) is 4.88. The first kappa shape index (κ1) is 20.8. The van der Waals surface area contributed by atoms with E-state index < -0.39 is 7.75 Å². The molecule has 6 heteroatoms. The fraction of sp³-hybridized carbons (Fsp3) is 0.217. The molecular weight excluding hydrogens is 385 g/mol. The van der Waals surface area contributed by atoms with Gasteiger partial charge in [-0.05, 0) is 74.2 Å². The van der Waals surface area contributed by atoms with Crippen LogP contribution in [0.4, 0.5) is 5.69 Å². The molecule has 0 saturated heterocycles. The molecule has 152 valence electrons. The van der Waals surface area contributed by atoms with Crippen LogP contribution in [0.15, 0.2) is 60.7 Å². The Kier molecular flexibility index (Phi) is 6.19. The zero-order valence-corrected chi connectivity index (χ0v) is 18.2. The summed E-state index contributed by atoms with van der Waals surface area (Å²) in [6, 6.07) is 18.4. The van der Waals surface area contributed by atoms with Crippen LogP contribution in [-0.2, 0) is 4.57 Å². The summed E-state index contributed by atoms with van der Waals surface area (Å²) in [5, 5.41) is 2.95. The Morgan fingerprint density at radius 2 is 1.28 bits per heavy atom. The van der Waals surface area contributed by atoms with Crippen molar-refractivity contribution in [2.24, 2.45) is 0 Å². The monoisotopic (exact) mass is 411 g/mol. The molecule has 0 aliphatic heterocycles. The average Bonchev–Trinajstić information content (AvgIpc) is 2.69. The molecule has 0 fully saturated rings. The highest BCUT2D eigenvalue weighted by Crippen LogP contribution is 2.50. The van der Waals surface area contributed by atoms with Gasteiger partial charge in [0.05, 0.1) is 7.11 Å². The van der Waals surface area contributed by atoms with Gasteiger partial charge >= 0.3 is 7.75 Å². The molecule has 29 heavy (non-hydrogen) atoms. The van der Waals surface area contributed by atoms with Crippen LogP contribution >= 0.6 is 7.75 Å². The summed E-state index contributed by atoms with van der Waals surface area (Å²) in [5.74, 6) is 1.66. The predicted molar refractivity (Wildman–Crippen MR) is 117 cm³/mol. The SMILES string of the molecule is COc1cccc(NP(=O)(Oc2cccc(C)c2C)Oc2cccc(C)c2C)c1. The molecular formula is C23H26NO4P. The minimum atomic E-state index is -3.81. The van der Waals surface area contributed by atoms with Gasteiger partial charge in [-0.3, -0.25) is 5.09 Å². The first-order chi connectivity index (χ1) is 13.8. The van der Waals surface area contributed by atoms with Gasteiger partial charge in [-0.25, -0.2) is 4.57 Å². The molecule has 0 spiro atoms. The molecule has 3 aromatic carbocycles. The minimum absolute atomic E-state index is 0.508. The van der Waals surface area contributed by atoms with E-state index in [1.165, 1.54) is 0 Å². The molecule has 0 saturated carbocycles. The van der Waals surface area contributed by atoms with Crippen molar-refractivity contribution < 1.29 is 18.3 Å². The summed E-state index contributed by atoms with van der Waals surface area (Å²) in [7, 11) is -2.23. The van der Waals surface area contributed by atoms with Gasteiger partial charge < -0.3 is 13.8 Å². The molecule has 0 atom stereocenters. The molecule has 0 amide bonds. The van der Waals surface area contributed by atoms with Crippen LogP contribution in [0.2, 0.25) is 0 Å². The van der Waals surface area contributed by atoms with Gasteiger partial charge in [-0.2, -0.15) is 0 Å². The maximum Gasteiger partial charge on any atom is 0.541 e. The van der Waals surface area contributed by atoms with Gasteiger partial charge in [0.1, 0.15) is 17.2 Å². The summed E-state index contributed by atoms with van der Waals surface area (Å²) in [5.41, 5.74) is 4.47. The largest absolute Gasteiger partial charge is 0.541 e. The zero-order valence-electron chi connectivity index (χ0n) is 17.4. The van der Waals surface area contributed by atoms with E-state index in [2.05, 4.69) is 5.09 Å². The standard InChI is InChI=1S/C23H26NO4P/c1-16-9-6-13-22(18(16)3)27-29(25,24-20-11-8-12-21(15-20)26-5)28-23-14-7-10-17(2)19(23)4/h6-15H,1-5H3,(H,24,25). The highest BCUT2D eigenvalue weighted by Gasteiger charge is 2.31. The van der Waals surface area contributed by atoms with Crippen LogP contribution in [0.1, 0.15) is 22.3 Å². The summed E-state index contributed by atoms with van der Waals surface area (Å²) in [6.45, 7) is 7.82. The maximum absolute atomic E-state index is 13.9. The number of rotatable bonds is 7. The molecule has 1 N–H and O–H groups in total. The lowest BCUT2D eigenvalue weighted by molar-refractivity contribution is 0.390. The molecule has 0 aliphatic carbocycles. The summed E-state index contributed by atoms with van der Waals surface area (Å²) >= 11 is 0. The lowest BCUT2D eigenvalue weighted by Gasteiger charge is -2.23. The molecule has 3 aromatic rings. The quantitative estimate of drug-likeness (QED) is 0.444. The number of anilines is 1. The number of benzene rings is 3. The van der Waals surface area contributed by atoms with E-state index in [1.807, 2.05) is 58.0 Å². The Hall–Kier alpha value is -2.91. The topological polar surface area (TPSA) is 56.8 Å². The lowest BCUT2D eigenvalue weighted by Crippen LogP contribution is -2.11. The molecule has 0 aliphatic rings. The first-order valence-electron chi connectivity index (χ1n) is 9.35. The van der Waals surface area contributed by atoms with E-state index in [-0.39, 0.29) is 0 Å². The number of ether oxygens (including phenoxy) is 1. The van der Waals surface area contributed by atoms with Gasteiger partial charge in [0, 0.05) is 11.8 Å². The third kappa shape index (κ3) is 4.93. The lowest BCUT2D eigenvalue weighted by atomic mass is 10.1. The summed E-state index contributed by atoms with van der Waals surface area (Å²) in [4.78, 5) is 0. The van der Waals surface area contributed by atoms with Crippen molar-refractivity contribution in [2.75, 3.05) is 12.2 Å². The van der Waals surface area contributed by atoms with Crippen LogP contribution in [0.5, 0.6) is 17.2 Å². The van der Waals surface area contributed by atoms with E-state index in [0.29, 0.717) is 22.9 Å². The van der Waals surface area contributed by atoms with Crippen molar-refractivity contribution in [3.05, 3.63) is 82.9 Å². The van der Waals surface area contributed by atoms with Gasteiger partial charge in [-0.15, -0.1) is 0 Å². The molecule has 0 unspecified atom stereocenters. The number of aryl methyl sites for hydroxylation is 2. The van der Waals surface area contributed by atoms with E-state index in [4.69, 9.17) is 13.8 Å². The fourth-order valence-electron chi connectivity index (χ4n) is 2.82.